The predicted molar refractivity (Wildman–Crippen MR) is 136 cm³/mol. The van der Waals surface area contributed by atoms with Crippen LogP contribution in [-0.4, -0.2) is 64.1 Å². The van der Waals surface area contributed by atoms with Crippen molar-refractivity contribution in [2.45, 2.75) is 32.1 Å². The summed E-state index contributed by atoms with van der Waals surface area (Å²) in [7, 11) is 1.38. The quantitative estimate of drug-likeness (QED) is 0.227. The second kappa shape index (κ2) is 10.4. The van der Waals surface area contributed by atoms with E-state index in [0.29, 0.717) is 35.8 Å². The highest BCUT2D eigenvalue weighted by Gasteiger charge is 2.19. The van der Waals surface area contributed by atoms with E-state index in [1.165, 1.54) is 39.5 Å². The molecule has 1 aliphatic rings. The van der Waals surface area contributed by atoms with E-state index in [1.54, 1.807) is 29.5 Å². The van der Waals surface area contributed by atoms with Gasteiger partial charge < -0.3 is 14.6 Å². The number of esters is 1. The number of nitrogens with two attached hydrogens (primary N) is 1. The SMILES string of the molecule is COC(=O)c1ccc2c(c1)[nH]c1nc(Cc3ccncc3)nc(N(N)CCCN3CCCCC3)c12. The molecule has 0 spiro atoms. The van der Waals surface area contributed by atoms with Gasteiger partial charge in [-0.15, -0.1) is 0 Å². The molecule has 5 rings (SSSR count). The molecule has 3 aromatic heterocycles. The maximum atomic E-state index is 12.1. The lowest BCUT2D eigenvalue weighted by Crippen LogP contribution is -2.37. The summed E-state index contributed by atoms with van der Waals surface area (Å²) in [6.45, 7) is 4.05. The first kappa shape index (κ1) is 23.2. The van der Waals surface area contributed by atoms with Crippen LogP contribution in [0, 0.1) is 0 Å². The largest absolute Gasteiger partial charge is 0.465 e. The van der Waals surface area contributed by atoms with Gasteiger partial charge in [0.25, 0.3) is 0 Å². The van der Waals surface area contributed by atoms with E-state index in [2.05, 4.69) is 14.9 Å². The van der Waals surface area contributed by atoms with Crippen LogP contribution in [0.2, 0.25) is 0 Å². The fourth-order valence-corrected chi connectivity index (χ4v) is 4.79. The van der Waals surface area contributed by atoms with Gasteiger partial charge in [-0.1, -0.05) is 12.5 Å². The van der Waals surface area contributed by atoms with E-state index in [0.717, 1.165) is 34.8 Å². The number of nitrogens with zero attached hydrogens (tertiary/aromatic N) is 5. The van der Waals surface area contributed by atoms with Crippen LogP contribution in [0.5, 0.6) is 0 Å². The molecule has 1 aliphatic heterocycles. The number of carbonyl (C=O) groups is 1. The number of likely N-dealkylation sites (tertiary alicyclic amines) is 1. The van der Waals surface area contributed by atoms with Gasteiger partial charge in [0, 0.05) is 36.3 Å². The summed E-state index contributed by atoms with van der Waals surface area (Å²) < 4.78 is 4.88. The van der Waals surface area contributed by atoms with Gasteiger partial charge in [-0.2, -0.15) is 0 Å². The molecule has 0 saturated carbocycles. The molecule has 0 amide bonds. The van der Waals surface area contributed by atoms with Crippen molar-refractivity contribution in [1.29, 1.82) is 0 Å². The van der Waals surface area contributed by atoms with E-state index in [-0.39, 0.29) is 5.97 Å². The number of aromatic nitrogens is 4. The van der Waals surface area contributed by atoms with Gasteiger partial charge in [-0.05, 0) is 68.7 Å². The van der Waals surface area contributed by atoms with Gasteiger partial charge in [-0.25, -0.2) is 20.6 Å². The van der Waals surface area contributed by atoms with Gasteiger partial charge in [0.2, 0.25) is 0 Å². The Labute approximate surface area is 204 Å². The molecule has 9 nitrogen and oxygen atoms in total. The average molecular weight is 474 g/mol. The molecule has 3 N–H and O–H groups in total. The molecular formula is C26H31N7O2. The Kier molecular flexibility index (Phi) is 6.87. The first-order valence-electron chi connectivity index (χ1n) is 12.2. The number of hydrogen-bond donors (Lipinski definition) is 2. The molecular weight excluding hydrogens is 442 g/mol. The maximum Gasteiger partial charge on any atom is 0.337 e. The summed E-state index contributed by atoms with van der Waals surface area (Å²) in [5.74, 6) is 7.60. The zero-order valence-electron chi connectivity index (χ0n) is 20.0. The van der Waals surface area contributed by atoms with Crippen molar-refractivity contribution in [3.8, 4) is 0 Å². The molecule has 0 atom stereocenters. The Morgan fingerprint density at radius 2 is 1.94 bits per heavy atom. The lowest BCUT2D eigenvalue weighted by Gasteiger charge is -2.27. The molecule has 0 aliphatic carbocycles. The molecule has 9 heteroatoms. The Morgan fingerprint density at radius 3 is 2.71 bits per heavy atom. The normalized spacial score (nSPS) is 14.5. The molecule has 0 radical (unpaired) electrons. The van der Waals surface area contributed by atoms with Crippen LogP contribution in [0.1, 0.15) is 47.4 Å². The van der Waals surface area contributed by atoms with Crippen molar-refractivity contribution in [2.24, 2.45) is 5.84 Å². The molecule has 0 bridgehead atoms. The molecule has 182 valence electrons. The minimum absolute atomic E-state index is 0.381. The summed E-state index contributed by atoms with van der Waals surface area (Å²) in [6.07, 6.45) is 8.94. The van der Waals surface area contributed by atoms with E-state index in [9.17, 15) is 4.79 Å². The smallest absolute Gasteiger partial charge is 0.337 e. The standard InChI is InChI=1S/C26H31N7O2/c1-35-26(34)19-6-7-20-21(17-19)29-24-23(20)25(31-22(30-24)16-18-8-10-28-11-9-18)33(27)15-5-14-32-12-3-2-4-13-32/h6-11,17H,2-5,12-16,27H2,1H3,(H,29,30,31). The Morgan fingerprint density at radius 1 is 1.14 bits per heavy atom. The zero-order chi connectivity index (χ0) is 24.2. The number of pyridine rings is 1. The molecule has 1 aromatic carbocycles. The number of aromatic amines is 1. The van der Waals surface area contributed by atoms with Crippen molar-refractivity contribution in [1.82, 2.24) is 24.8 Å². The number of H-pyrrole nitrogens is 1. The minimum Gasteiger partial charge on any atom is -0.465 e. The van der Waals surface area contributed by atoms with E-state index >= 15 is 0 Å². The third-order valence-corrected chi connectivity index (χ3v) is 6.60. The van der Waals surface area contributed by atoms with Crippen LogP contribution in [0.4, 0.5) is 5.82 Å². The van der Waals surface area contributed by atoms with Crippen LogP contribution in [0.15, 0.2) is 42.7 Å². The lowest BCUT2D eigenvalue weighted by atomic mass is 10.1. The minimum atomic E-state index is -0.381. The van der Waals surface area contributed by atoms with Crippen LogP contribution in [0.3, 0.4) is 0 Å². The van der Waals surface area contributed by atoms with Gasteiger partial charge >= 0.3 is 5.97 Å². The van der Waals surface area contributed by atoms with Gasteiger partial charge in [0.05, 0.1) is 18.1 Å². The van der Waals surface area contributed by atoms with Gasteiger partial charge in [0.15, 0.2) is 5.82 Å². The van der Waals surface area contributed by atoms with Crippen LogP contribution in [-0.2, 0) is 11.2 Å². The Hall–Kier alpha value is -3.56. The monoisotopic (exact) mass is 473 g/mol. The molecule has 4 aromatic rings. The third-order valence-electron chi connectivity index (χ3n) is 6.60. The number of anilines is 1. The Bertz CT molecular complexity index is 1320. The number of piperidine rings is 1. The number of hydrazine groups is 1. The maximum absolute atomic E-state index is 12.1. The fourth-order valence-electron chi connectivity index (χ4n) is 4.79. The third kappa shape index (κ3) is 5.11. The number of rotatable bonds is 8. The average Bonchev–Trinajstić information content (AvgIpc) is 3.26. The summed E-state index contributed by atoms with van der Waals surface area (Å²) in [6, 6.07) is 9.36. The first-order valence-corrected chi connectivity index (χ1v) is 12.2. The molecule has 1 saturated heterocycles. The molecule has 0 unspecified atom stereocenters. The number of benzene rings is 1. The van der Waals surface area contributed by atoms with Gasteiger partial charge in [0.1, 0.15) is 11.5 Å². The van der Waals surface area contributed by atoms with Crippen molar-refractivity contribution >= 4 is 33.7 Å². The van der Waals surface area contributed by atoms with Crippen molar-refractivity contribution in [3.63, 3.8) is 0 Å². The zero-order valence-corrected chi connectivity index (χ0v) is 20.0. The summed E-state index contributed by atoms with van der Waals surface area (Å²) in [4.78, 5) is 31.7. The van der Waals surface area contributed by atoms with Crippen molar-refractivity contribution in [2.75, 3.05) is 38.3 Å². The first-order chi connectivity index (χ1) is 17.1. The predicted octanol–water partition coefficient (Wildman–Crippen LogP) is 3.44. The van der Waals surface area contributed by atoms with E-state index < -0.39 is 0 Å². The van der Waals surface area contributed by atoms with Gasteiger partial charge in [-0.3, -0.25) is 9.99 Å². The summed E-state index contributed by atoms with van der Waals surface area (Å²) >= 11 is 0. The number of hydrogen-bond acceptors (Lipinski definition) is 8. The van der Waals surface area contributed by atoms with Crippen LogP contribution < -0.4 is 10.9 Å². The molecule has 35 heavy (non-hydrogen) atoms. The second-order valence-corrected chi connectivity index (χ2v) is 9.05. The Balaban J connectivity index is 1.49. The second-order valence-electron chi connectivity index (χ2n) is 9.05. The molecule has 1 fully saturated rings. The number of methoxy groups -OCH3 is 1. The summed E-state index contributed by atoms with van der Waals surface area (Å²) in [5.41, 5.74) is 3.04. The van der Waals surface area contributed by atoms with Crippen LogP contribution in [0.25, 0.3) is 21.9 Å². The highest BCUT2D eigenvalue weighted by molar-refractivity contribution is 6.12. The molecule has 4 heterocycles. The highest BCUT2D eigenvalue weighted by Crippen LogP contribution is 2.32. The van der Waals surface area contributed by atoms with E-state index in [1.807, 2.05) is 18.2 Å². The van der Waals surface area contributed by atoms with Crippen molar-refractivity contribution < 1.29 is 9.53 Å². The highest BCUT2D eigenvalue weighted by atomic mass is 16.5. The summed E-state index contributed by atoms with van der Waals surface area (Å²) in [5, 5.41) is 3.52. The number of ether oxygens (including phenoxy) is 1. The lowest BCUT2D eigenvalue weighted by molar-refractivity contribution is 0.0601. The fraction of sp³-hybridized carbons (Fsp3) is 0.385. The number of nitrogens with one attached hydrogen (secondary N) is 1. The number of fused-ring (bicyclic) bond motifs is 3. The van der Waals surface area contributed by atoms with Crippen molar-refractivity contribution in [3.05, 3.63) is 59.7 Å². The number of carbonyl (C=O) groups excluding carboxylic acids is 1. The van der Waals surface area contributed by atoms with Crippen LogP contribution >= 0.6 is 0 Å². The topological polar surface area (TPSA) is 113 Å². The van der Waals surface area contributed by atoms with E-state index in [4.69, 9.17) is 20.5 Å².